The Balaban J connectivity index is 1.52. The maximum absolute atomic E-state index is 12.0. The summed E-state index contributed by atoms with van der Waals surface area (Å²) in [6.45, 7) is 0.501. The molecule has 0 unspecified atom stereocenters. The Bertz CT molecular complexity index is 1220. The van der Waals surface area contributed by atoms with E-state index in [-0.39, 0.29) is 23.9 Å². The van der Waals surface area contributed by atoms with Gasteiger partial charge in [0.25, 0.3) is 11.8 Å². The molecule has 6 nitrogen and oxygen atoms in total. The van der Waals surface area contributed by atoms with Gasteiger partial charge in [0, 0.05) is 24.0 Å². The summed E-state index contributed by atoms with van der Waals surface area (Å²) in [6, 6.07) is 20.2. The van der Waals surface area contributed by atoms with Gasteiger partial charge in [-0.3, -0.25) is 14.5 Å². The molecule has 0 atom stereocenters. The predicted molar refractivity (Wildman–Crippen MR) is 121 cm³/mol. The van der Waals surface area contributed by atoms with Crippen molar-refractivity contribution in [2.24, 2.45) is 0 Å². The van der Waals surface area contributed by atoms with E-state index in [9.17, 15) is 14.4 Å². The highest BCUT2D eigenvalue weighted by Gasteiger charge is 2.24. The first-order valence-electron chi connectivity index (χ1n) is 10.2. The lowest BCUT2D eigenvalue weighted by Gasteiger charge is -2.17. The molecule has 0 aliphatic carbocycles. The maximum atomic E-state index is 12.0. The molecule has 32 heavy (non-hydrogen) atoms. The van der Waals surface area contributed by atoms with Crippen molar-refractivity contribution >= 4 is 34.6 Å². The Morgan fingerprint density at radius 2 is 1.59 bits per heavy atom. The molecular weight excluding hydrogens is 406 g/mol. The summed E-state index contributed by atoms with van der Waals surface area (Å²) in [7, 11) is 0. The van der Waals surface area contributed by atoms with Crippen molar-refractivity contribution in [1.82, 2.24) is 4.90 Å². The molecule has 2 amide bonds. The van der Waals surface area contributed by atoms with Crippen LogP contribution < -0.4 is 4.74 Å². The first-order valence-corrected chi connectivity index (χ1v) is 10.2. The quantitative estimate of drug-likeness (QED) is 0.542. The molecule has 1 aliphatic heterocycles. The van der Waals surface area contributed by atoms with E-state index < -0.39 is 5.97 Å². The second kappa shape index (κ2) is 9.31. The van der Waals surface area contributed by atoms with Crippen LogP contribution in [0, 0.1) is 0 Å². The van der Waals surface area contributed by atoms with Gasteiger partial charge in [0.05, 0.1) is 18.7 Å². The van der Waals surface area contributed by atoms with Crippen LogP contribution in [0.2, 0.25) is 0 Å². The minimum atomic E-state index is -0.997. The second-order valence-electron chi connectivity index (χ2n) is 7.40. The number of amides is 2. The summed E-state index contributed by atoms with van der Waals surface area (Å²) < 4.78 is 6.03. The van der Waals surface area contributed by atoms with Crippen molar-refractivity contribution in [1.29, 1.82) is 0 Å². The lowest BCUT2D eigenvalue weighted by molar-refractivity contribution is -0.136. The minimum Gasteiger partial charge on any atom is -0.493 e. The number of imide groups is 1. The van der Waals surface area contributed by atoms with E-state index in [1.807, 2.05) is 48.5 Å². The number of benzene rings is 3. The van der Waals surface area contributed by atoms with Gasteiger partial charge < -0.3 is 9.84 Å². The SMILES string of the molecule is O=C(O)c1ccc(C=C(CCOc2cccc3ccccc23)CN2C(=O)C=CC2=O)cc1. The van der Waals surface area contributed by atoms with Crippen LogP contribution in [0.15, 0.2) is 84.5 Å². The van der Waals surface area contributed by atoms with Crippen LogP contribution in [-0.2, 0) is 9.59 Å². The zero-order valence-corrected chi connectivity index (χ0v) is 17.2. The molecule has 0 saturated heterocycles. The van der Waals surface area contributed by atoms with E-state index in [0.29, 0.717) is 13.0 Å². The third-order valence-electron chi connectivity index (χ3n) is 5.22. The number of hydrogen-bond donors (Lipinski definition) is 1. The van der Waals surface area contributed by atoms with Gasteiger partial charge in [-0.15, -0.1) is 0 Å². The Hall–Kier alpha value is -4.19. The molecule has 160 valence electrons. The molecule has 3 aromatic carbocycles. The van der Waals surface area contributed by atoms with E-state index in [1.54, 1.807) is 12.1 Å². The molecule has 1 aliphatic rings. The predicted octanol–water partition coefficient (Wildman–Crippen LogP) is 4.32. The van der Waals surface area contributed by atoms with Crippen molar-refractivity contribution in [3.63, 3.8) is 0 Å². The van der Waals surface area contributed by atoms with Crippen LogP contribution >= 0.6 is 0 Å². The van der Waals surface area contributed by atoms with Gasteiger partial charge in [0.15, 0.2) is 0 Å². The molecule has 0 radical (unpaired) electrons. The van der Waals surface area contributed by atoms with Crippen LogP contribution in [-0.4, -0.2) is 40.9 Å². The molecule has 3 aromatic rings. The minimum absolute atomic E-state index is 0.143. The average Bonchev–Trinajstić information content (AvgIpc) is 3.11. The highest BCUT2D eigenvalue weighted by Crippen LogP contribution is 2.26. The number of carbonyl (C=O) groups excluding carboxylic acids is 2. The highest BCUT2D eigenvalue weighted by atomic mass is 16.5. The number of ether oxygens (including phenoxy) is 1. The molecule has 6 heteroatoms. The van der Waals surface area contributed by atoms with E-state index >= 15 is 0 Å². The van der Waals surface area contributed by atoms with Crippen molar-refractivity contribution < 1.29 is 24.2 Å². The molecule has 1 N–H and O–H groups in total. The van der Waals surface area contributed by atoms with Crippen LogP contribution in [0.25, 0.3) is 16.8 Å². The number of nitrogens with zero attached hydrogens (tertiary/aromatic N) is 1. The van der Waals surface area contributed by atoms with Crippen molar-refractivity contribution in [3.8, 4) is 5.75 Å². The van der Waals surface area contributed by atoms with Gasteiger partial charge in [0.1, 0.15) is 5.75 Å². The molecule has 0 aromatic heterocycles. The van der Waals surface area contributed by atoms with Gasteiger partial charge in [-0.1, -0.05) is 54.6 Å². The van der Waals surface area contributed by atoms with Gasteiger partial charge in [0.2, 0.25) is 0 Å². The fourth-order valence-electron chi connectivity index (χ4n) is 3.56. The normalized spacial score (nSPS) is 13.8. The van der Waals surface area contributed by atoms with Gasteiger partial charge in [-0.05, 0) is 34.7 Å². The largest absolute Gasteiger partial charge is 0.493 e. The van der Waals surface area contributed by atoms with Crippen LogP contribution in [0.3, 0.4) is 0 Å². The molecule has 0 saturated carbocycles. The molecule has 0 spiro atoms. The molecule has 0 fully saturated rings. The van der Waals surface area contributed by atoms with Crippen molar-refractivity contribution in [2.45, 2.75) is 6.42 Å². The van der Waals surface area contributed by atoms with Crippen LogP contribution in [0.5, 0.6) is 5.75 Å². The van der Waals surface area contributed by atoms with Crippen LogP contribution in [0.1, 0.15) is 22.3 Å². The Morgan fingerprint density at radius 1 is 0.906 bits per heavy atom. The summed E-state index contributed by atoms with van der Waals surface area (Å²) in [4.78, 5) is 36.3. The lowest BCUT2D eigenvalue weighted by atomic mass is 10.1. The third kappa shape index (κ3) is 4.75. The first kappa shape index (κ1) is 21.1. The van der Waals surface area contributed by atoms with Gasteiger partial charge in [-0.2, -0.15) is 0 Å². The summed E-state index contributed by atoms with van der Waals surface area (Å²) >= 11 is 0. The van der Waals surface area contributed by atoms with Crippen molar-refractivity contribution in [3.05, 3.63) is 95.6 Å². The van der Waals surface area contributed by atoms with Crippen LogP contribution in [0.4, 0.5) is 0 Å². The van der Waals surface area contributed by atoms with E-state index in [0.717, 1.165) is 27.7 Å². The summed E-state index contributed by atoms with van der Waals surface area (Å²) in [5.41, 5.74) is 1.79. The summed E-state index contributed by atoms with van der Waals surface area (Å²) in [5.74, 6) is -0.930. The summed E-state index contributed by atoms with van der Waals surface area (Å²) in [5, 5.41) is 11.2. The van der Waals surface area contributed by atoms with Crippen molar-refractivity contribution in [2.75, 3.05) is 13.2 Å². The third-order valence-corrected chi connectivity index (χ3v) is 5.22. The summed E-state index contributed by atoms with van der Waals surface area (Å²) in [6.07, 6.45) is 4.86. The maximum Gasteiger partial charge on any atom is 0.335 e. The average molecular weight is 427 g/mol. The number of rotatable bonds is 8. The fraction of sp³-hybridized carbons (Fsp3) is 0.115. The van der Waals surface area contributed by atoms with E-state index in [2.05, 4.69) is 0 Å². The van der Waals surface area contributed by atoms with Gasteiger partial charge >= 0.3 is 5.97 Å². The molecular formula is C26H21NO5. The number of carboxylic acid groups (broad SMARTS) is 1. The topological polar surface area (TPSA) is 83.9 Å². The zero-order valence-electron chi connectivity index (χ0n) is 17.2. The Kier molecular flexibility index (Phi) is 6.12. The van der Waals surface area contributed by atoms with Gasteiger partial charge in [-0.25, -0.2) is 4.79 Å². The fourth-order valence-corrected chi connectivity index (χ4v) is 3.56. The number of hydrogen-bond acceptors (Lipinski definition) is 4. The zero-order chi connectivity index (χ0) is 22.5. The Morgan fingerprint density at radius 3 is 2.31 bits per heavy atom. The first-order chi connectivity index (χ1) is 15.5. The number of fused-ring (bicyclic) bond motifs is 1. The lowest BCUT2D eigenvalue weighted by Crippen LogP contribution is -2.32. The monoisotopic (exact) mass is 427 g/mol. The van der Waals surface area contributed by atoms with E-state index in [4.69, 9.17) is 9.84 Å². The second-order valence-corrected chi connectivity index (χ2v) is 7.40. The Labute approximate surface area is 185 Å². The number of carbonyl (C=O) groups is 3. The molecule has 0 bridgehead atoms. The highest BCUT2D eigenvalue weighted by molar-refractivity contribution is 6.13. The smallest absolute Gasteiger partial charge is 0.335 e. The number of carboxylic acids is 1. The number of aromatic carboxylic acids is 1. The standard InChI is InChI=1S/C26H21NO5/c28-24-12-13-25(29)27(24)17-19(16-18-8-10-21(11-9-18)26(30)31)14-15-32-23-7-3-5-20-4-1-2-6-22(20)23/h1-13,16H,14-15,17H2,(H,30,31). The molecule has 1 heterocycles. The molecule has 4 rings (SSSR count). The van der Waals surface area contributed by atoms with E-state index in [1.165, 1.54) is 29.2 Å².